The molecule has 0 bridgehead atoms. The first-order valence-corrected chi connectivity index (χ1v) is 10.9. The molecule has 0 saturated carbocycles. The average Bonchev–Trinajstić information content (AvgIpc) is 2.89. The fourth-order valence-corrected chi connectivity index (χ4v) is 4.45. The molecule has 2 aliphatic rings. The highest BCUT2D eigenvalue weighted by Crippen LogP contribution is 2.35. The summed E-state index contributed by atoms with van der Waals surface area (Å²) in [5.74, 6) is 0.553. The molecule has 1 fully saturated rings. The number of imide groups is 1. The van der Waals surface area contributed by atoms with Gasteiger partial charge in [0.25, 0.3) is 11.8 Å². The van der Waals surface area contributed by atoms with Gasteiger partial charge in [-0.1, -0.05) is 37.6 Å². The van der Waals surface area contributed by atoms with Gasteiger partial charge in [-0.15, -0.1) is 0 Å². The van der Waals surface area contributed by atoms with Crippen LogP contribution in [0.2, 0.25) is 5.02 Å². The lowest BCUT2D eigenvalue weighted by Crippen LogP contribution is -2.42. The van der Waals surface area contributed by atoms with Crippen LogP contribution in [0.5, 0.6) is 0 Å². The molecular formula is C23H31ClN2O3. The Bertz CT molecular complexity index is 778. The lowest BCUT2D eigenvalue weighted by atomic mass is 9.91. The predicted molar refractivity (Wildman–Crippen MR) is 115 cm³/mol. The van der Waals surface area contributed by atoms with E-state index < -0.39 is 0 Å². The van der Waals surface area contributed by atoms with Gasteiger partial charge in [0.15, 0.2) is 0 Å². The van der Waals surface area contributed by atoms with Gasteiger partial charge in [-0.3, -0.25) is 14.5 Å². The molecule has 2 atom stereocenters. The zero-order chi connectivity index (χ0) is 21.1. The number of piperidine rings is 1. The Morgan fingerprint density at radius 2 is 1.69 bits per heavy atom. The van der Waals surface area contributed by atoms with E-state index >= 15 is 0 Å². The Morgan fingerprint density at radius 3 is 2.28 bits per heavy atom. The van der Waals surface area contributed by atoms with Crippen molar-refractivity contribution >= 4 is 29.0 Å². The van der Waals surface area contributed by atoms with E-state index in [0.29, 0.717) is 47.7 Å². The maximum Gasteiger partial charge on any atom is 0.277 e. The maximum absolute atomic E-state index is 13.3. The molecule has 1 aromatic rings. The third-order valence-corrected chi connectivity index (χ3v) is 5.69. The number of benzene rings is 1. The van der Waals surface area contributed by atoms with Crippen molar-refractivity contribution in [1.82, 2.24) is 9.80 Å². The highest BCUT2D eigenvalue weighted by atomic mass is 35.5. The summed E-state index contributed by atoms with van der Waals surface area (Å²) in [5, 5.41) is 0.607. The number of carbonyl (C=O) groups excluding carboxylic acids is 2. The molecule has 158 valence electrons. The second-order valence-corrected chi connectivity index (χ2v) is 9.05. The summed E-state index contributed by atoms with van der Waals surface area (Å²) in [5.41, 5.74) is 1.79. The Balaban J connectivity index is 1.90. The number of rotatable bonds is 7. The summed E-state index contributed by atoms with van der Waals surface area (Å²) in [6.07, 6.45) is 1.90. The van der Waals surface area contributed by atoms with Crippen LogP contribution in [0, 0.1) is 11.8 Å². The fraction of sp³-hybridized carbons (Fsp3) is 0.565. The van der Waals surface area contributed by atoms with Crippen molar-refractivity contribution in [2.24, 2.45) is 11.8 Å². The van der Waals surface area contributed by atoms with E-state index in [1.54, 1.807) is 12.1 Å². The van der Waals surface area contributed by atoms with Gasteiger partial charge in [-0.2, -0.15) is 0 Å². The van der Waals surface area contributed by atoms with Gasteiger partial charge in [-0.25, -0.2) is 0 Å². The average molecular weight is 419 g/mol. The van der Waals surface area contributed by atoms with Gasteiger partial charge < -0.3 is 9.64 Å². The maximum atomic E-state index is 13.3. The first kappa shape index (κ1) is 21.8. The molecule has 2 aliphatic heterocycles. The van der Waals surface area contributed by atoms with Crippen molar-refractivity contribution in [2.45, 2.75) is 46.6 Å². The van der Waals surface area contributed by atoms with Crippen molar-refractivity contribution in [2.75, 3.05) is 26.2 Å². The SMILES string of the molecule is CC1CC(C)CN(C2=C(c3ccc(Cl)cc3)C(=O)N(CCCOC(C)C)C2=O)C1. The van der Waals surface area contributed by atoms with Crippen LogP contribution in [-0.2, 0) is 14.3 Å². The van der Waals surface area contributed by atoms with Crippen molar-refractivity contribution in [3.8, 4) is 0 Å². The van der Waals surface area contributed by atoms with Gasteiger partial charge >= 0.3 is 0 Å². The van der Waals surface area contributed by atoms with Crippen molar-refractivity contribution in [3.63, 3.8) is 0 Å². The summed E-state index contributed by atoms with van der Waals surface area (Å²) in [6.45, 7) is 10.8. The van der Waals surface area contributed by atoms with E-state index in [-0.39, 0.29) is 17.9 Å². The molecule has 1 saturated heterocycles. The molecule has 2 amide bonds. The second kappa shape index (κ2) is 9.31. The van der Waals surface area contributed by atoms with Crippen LogP contribution in [0.15, 0.2) is 30.0 Å². The highest BCUT2D eigenvalue weighted by molar-refractivity contribution is 6.36. The van der Waals surface area contributed by atoms with Gasteiger partial charge in [0.05, 0.1) is 11.7 Å². The zero-order valence-electron chi connectivity index (χ0n) is 17.8. The Hall–Kier alpha value is -1.85. The van der Waals surface area contributed by atoms with E-state index in [4.69, 9.17) is 16.3 Å². The minimum absolute atomic E-state index is 0.134. The summed E-state index contributed by atoms with van der Waals surface area (Å²) in [7, 11) is 0. The van der Waals surface area contributed by atoms with Gasteiger partial charge in [0.1, 0.15) is 5.70 Å². The summed E-state index contributed by atoms with van der Waals surface area (Å²) >= 11 is 6.04. The third kappa shape index (κ3) is 5.01. The molecule has 3 rings (SSSR count). The van der Waals surface area contributed by atoms with E-state index in [1.807, 2.05) is 26.0 Å². The lowest BCUT2D eigenvalue weighted by molar-refractivity contribution is -0.138. The summed E-state index contributed by atoms with van der Waals surface area (Å²) < 4.78 is 5.58. The molecule has 1 aromatic carbocycles. The Labute approximate surface area is 178 Å². The largest absolute Gasteiger partial charge is 0.379 e. The van der Waals surface area contributed by atoms with E-state index in [9.17, 15) is 9.59 Å². The second-order valence-electron chi connectivity index (χ2n) is 8.62. The van der Waals surface area contributed by atoms with Crippen LogP contribution >= 0.6 is 11.6 Å². The smallest absolute Gasteiger partial charge is 0.277 e. The molecule has 0 aromatic heterocycles. The molecule has 0 radical (unpaired) electrons. The van der Waals surface area contributed by atoms with Crippen molar-refractivity contribution < 1.29 is 14.3 Å². The van der Waals surface area contributed by atoms with Crippen LogP contribution in [0.4, 0.5) is 0 Å². The monoisotopic (exact) mass is 418 g/mol. The number of ether oxygens (including phenoxy) is 1. The van der Waals surface area contributed by atoms with Crippen molar-refractivity contribution in [3.05, 3.63) is 40.5 Å². The molecule has 5 nitrogen and oxygen atoms in total. The van der Waals surface area contributed by atoms with Gasteiger partial charge in [0, 0.05) is 31.3 Å². The van der Waals surface area contributed by atoms with E-state index in [1.165, 1.54) is 4.90 Å². The quantitative estimate of drug-likeness (QED) is 0.491. The van der Waals surface area contributed by atoms with E-state index in [0.717, 1.165) is 25.1 Å². The summed E-state index contributed by atoms with van der Waals surface area (Å²) in [4.78, 5) is 30.1. The Morgan fingerprint density at radius 1 is 1.07 bits per heavy atom. The third-order valence-electron chi connectivity index (χ3n) is 5.44. The number of halogens is 1. The van der Waals surface area contributed by atoms with Gasteiger partial charge in [-0.05, 0) is 56.2 Å². The van der Waals surface area contributed by atoms with E-state index in [2.05, 4.69) is 18.7 Å². The normalized spacial score (nSPS) is 23.0. The molecule has 0 aliphatic carbocycles. The zero-order valence-corrected chi connectivity index (χ0v) is 18.5. The number of amides is 2. The number of nitrogens with zero attached hydrogens (tertiary/aromatic N) is 2. The standard InChI is InChI=1S/C23H31ClN2O3/c1-15(2)29-11-5-10-26-22(27)20(18-6-8-19(24)9-7-18)21(23(26)28)25-13-16(3)12-17(4)14-25/h6-9,15-17H,5,10-14H2,1-4H3. The van der Waals surface area contributed by atoms with Crippen LogP contribution in [-0.4, -0.2) is 54.0 Å². The highest BCUT2D eigenvalue weighted by Gasteiger charge is 2.42. The molecule has 2 unspecified atom stereocenters. The van der Waals surface area contributed by atoms with Crippen LogP contribution in [0.3, 0.4) is 0 Å². The lowest BCUT2D eigenvalue weighted by Gasteiger charge is -2.37. The number of carbonyl (C=O) groups is 2. The van der Waals surface area contributed by atoms with Crippen LogP contribution in [0.25, 0.3) is 5.57 Å². The molecule has 2 heterocycles. The van der Waals surface area contributed by atoms with Gasteiger partial charge in [0.2, 0.25) is 0 Å². The molecular weight excluding hydrogens is 388 g/mol. The first-order chi connectivity index (χ1) is 13.8. The molecule has 0 N–H and O–H groups in total. The molecule has 6 heteroatoms. The minimum Gasteiger partial charge on any atom is -0.379 e. The molecule has 29 heavy (non-hydrogen) atoms. The first-order valence-electron chi connectivity index (χ1n) is 10.5. The van der Waals surface area contributed by atoms with Crippen LogP contribution in [0.1, 0.15) is 46.1 Å². The van der Waals surface area contributed by atoms with Crippen molar-refractivity contribution in [1.29, 1.82) is 0 Å². The predicted octanol–water partition coefficient (Wildman–Crippen LogP) is 4.21. The number of likely N-dealkylation sites (tertiary alicyclic amines) is 1. The van der Waals surface area contributed by atoms with Crippen LogP contribution < -0.4 is 0 Å². The number of hydrogen-bond acceptors (Lipinski definition) is 4. The minimum atomic E-state index is -0.220. The fourth-order valence-electron chi connectivity index (χ4n) is 4.32. The summed E-state index contributed by atoms with van der Waals surface area (Å²) in [6, 6.07) is 7.18. The Kier molecular flexibility index (Phi) is 7.01. The topological polar surface area (TPSA) is 49.9 Å². The number of hydrogen-bond donors (Lipinski definition) is 0. The molecule has 0 spiro atoms.